The lowest BCUT2D eigenvalue weighted by atomic mass is 10.1. The van der Waals surface area contributed by atoms with Gasteiger partial charge in [-0.05, 0) is 18.6 Å². The average molecular weight is 312 g/mol. The van der Waals surface area contributed by atoms with Gasteiger partial charge in [-0.1, -0.05) is 54.1 Å². The third kappa shape index (κ3) is 2.44. The number of Topliss-reactive ketones (excluding diaryl/α,β-unsaturated/α-hetero) is 1. The highest BCUT2D eigenvalue weighted by Crippen LogP contribution is 2.31. The molecule has 3 nitrogen and oxygen atoms in total. The molecule has 1 N–H and O–H groups in total. The van der Waals surface area contributed by atoms with Crippen LogP contribution in [0.4, 0.5) is 0 Å². The Hall–Kier alpha value is -2.39. The molecule has 1 aliphatic rings. The van der Waals surface area contributed by atoms with Crippen LogP contribution in [0.5, 0.6) is 0 Å². The summed E-state index contributed by atoms with van der Waals surface area (Å²) in [6.45, 7) is 2.10. The van der Waals surface area contributed by atoms with E-state index in [0.29, 0.717) is 28.4 Å². The fourth-order valence-corrected chi connectivity index (χ4v) is 2.71. The maximum absolute atomic E-state index is 12.4. The van der Waals surface area contributed by atoms with Crippen LogP contribution in [-0.2, 0) is 6.54 Å². The van der Waals surface area contributed by atoms with Crippen molar-refractivity contribution in [3.8, 4) is 0 Å². The largest absolute Gasteiger partial charge is 0.506 e. The molecule has 0 radical (unpaired) electrons. The number of nitrogens with zero attached hydrogens (tertiary/aromatic N) is 1. The summed E-state index contributed by atoms with van der Waals surface area (Å²) in [6, 6.07) is 14.4. The molecule has 0 fully saturated rings. The number of aliphatic hydroxyl groups excluding tert-OH is 1. The molecule has 0 atom stereocenters. The van der Waals surface area contributed by atoms with Crippen molar-refractivity contribution >= 4 is 28.9 Å². The van der Waals surface area contributed by atoms with E-state index in [9.17, 15) is 9.90 Å². The number of hydrogen-bond acceptors (Lipinski definition) is 3. The first kappa shape index (κ1) is 14.5. The van der Waals surface area contributed by atoms with Gasteiger partial charge in [0.15, 0.2) is 5.78 Å². The van der Waals surface area contributed by atoms with E-state index in [2.05, 4.69) is 4.99 Å². The minimum atomic E-state index is -0.187. The Morgan fingerprint density at radius 3 is 2.41 bits per heavy atom. The van der Waals surface area contributed by atoms with Gasteiger partial charge in [-0.25, -0.2) is 0 Å². The number of rotatable bonds is 3. The van der Waals surface area contributed by atoms with E-state index in [4.69, 9.17) is 11.6 Å². The first-order chi connectivity index (χ1) is 10.6. The summed E-state index contributed by atoms with van der Waals surface area (Å²) in [5.41, 5.74) is 2.75. The molecule has 0 aromatic heterocycles. The van der Waals surface area contributed by atoms with Crippen molar-refractivity contribution < 1.29 is 9.90 Å². The molecule has 0 saturated carbocycles. The van der Waals surface area contributed by atoms with Crippen molar-refractivity contribution in [3.05, 3.63) is 75.8 Å². The second-order valence-electron chi connectivity index (χ2n) is 5.09. The molecular formula is C18H14ClNO2. The van der Waals surface area contributed by atoms with Gasteiger partial charge in [-0.2, -0.15) is 0 Å². The van der Waals surface area contributed by atoms with Crippen LogP contribution in [0.3, 0.4) is 0 Å². The molecule has 0 bridgehead atoms. The number of ketones is 1. The van der Waals surface area contributed by atoms with Crippen LogP contribution >= 0.6 is 11.6 Å². The van der Waals surface area contributed by atoms with E-state index >= 15 is 0 Å². The minimum absolute atomic E-state index is 0.000934. The lowest BCUT2D eigenvalue weighted by Gasteiger charge is -2.04. The number of halogens is 1. The van der Waals surface area contributed by atoms with Crippen LogP contribution in [0.25, 0.3) is 5.76 Å². The number of benzene rings is 2. The predicted molar refractivity (Wildman–Crippen MR) is 88.6 cm³/mol. The summed E-state index contributed by atoms with van der Waals surface area (Å²) in [7, 11) is 0. The SMILES string of the molecule is CC(=NCc1ccccc1Cl)C1=C(O)c2ccccc2C1=O. The van der Waals surface area contributed by atoms with Crippen LogP contribution in [0, 0.1) is 0 Å². The van der Waals surface area contributed by atoms with Crippen molar-refractivity contribution in [2.45, 2.75) is 13.5 Å². The number of allylic oxidation sites excluding steroid dienone is 1. The van der Waals surface area contributed by atoms with Crippen LogP contribution in [-0.4, -0.2) is 16.6 Å². The van der Waals surface area contributed by atoms with E-state index in [1.165, 1.54) is 0 Å². The van der Waals surface area contributed by atoms with Gasteiger partial charge in [-0.15, -0.1) is 0 Å². The summed E-state index contributed by atoms with van der Waals surface area (Å²) in [4.78, 5) is 16.8. The van der Waals surface area contributed by atoms with Gasteiger partial charge in [0.25, 0.3) is 0 Å². The molecule has 4 heteroatoms. The molecule has 0 heterocycles. The highest BCUT2D eigenvalue weighted by Gasteiger charge is 2.30. The van der Waals surface area contributed by atoms with Gasteiger partial charge in [0.05, 0.1) is 12.1 Å². The molecule has 0 unspecified atom stereocenters. The maximum atomic E-state index is 12.4. The number of carbonyl (C=O) groups excluding carboxylic acids is 1. The lowest BCUT2D eigenvalue weighted by molar-refractivity contribution is 0.104. The third-order valence-corrected chi connectivity index (χ3v) is 4.07. The van der Waals surface area contributed by atoms with Crippen LogP contribution < -0.4 is 0 Å². The monoisotopic (exact) mass is 311 g/mol. The van der Waals surface area contributed by atoms with Crippen LogP contribution in [0.2, 0.25) is 5.02 Å². The summed E-state index contributed by atoms with van der Waals surface area (Å²) < 4.78 is 0. The molecule has 0 spiro atoms. The highest BCUT2D eigenvalue weighted by molar-refractivity contribution is 6.35. The molecule has 22 heavy (non-hydrogen) atoms. The Morgan fingerprint density at radius 2 is 1.73 bits per heavy atom. The number of aliphatic imine (C=N–C) groups is 1. The second-order valence-corrected chi connectivity index (χ2v) is 5.50. The van der Waals surface area contributed by atoms with E-state index in [-0.39, 0.29) is 17.1 Å². The van der Waals surface area contributed by atoms with Gasteiger partial charge in [0.1, 0.15) is 5.76 Å². The molecule has 3 rings (SSSR count). The Morgan fingerprint density at radius 1 is 1.09 bits per heavy atom. The Bertz CT molecular complexity index is 821. The Labute approximate surface area is 133 Å². The average Bonchev–Trinajstić information content (AvgIpc) is 2.78. The minimum Gasteiger partial charge on any atom is -0.506 e. The van der Waals surface area contributed by atoms with Crippen LogP contribution in [0.15, 0.2) is 59.1 Å². The molecule has 0 saturated heterocycles. The number of aliphatic hydroxyl groups is 1. The van der Waals surface area contributed by atoms with Gasteiger partial charge in [-0.3, -0.25) is 9.79 Å². The zero-order valence-electron chi connectivity index (χ0n) is 12.0. The van der Waals surface area contributed by atoms with Gasteiger partial charge < -0.3 is 5.11 Å². The van der Waals surface area contributed by atoms with E-state index in [0.717, 1.165) is 5.56 Å². The first-order valence-corrected chi connectivity index (χ1v) is 7.29. The first-order valence-electron chi connectivity index (χ1n) is 6.91. The zero-order chi connectivity index (χ0) is 15.7. The molecule has 110 valence electrons. The van der Waals surface area contributed by atoms with Crippen molar-refractivity contribution in [1.82, 2.24) is 0 Å². The molecule has 2 aromatic rings. The van der Waals surface area contributed by atoms with Gasteiger partial charge in [0.2, 0.25) is 0 Å². The summed E-state index contributed by atoms with van der Waals surface area (Å²) in [5.74, 6) is -0.186. The fraction of sp³-hybridized carbons (Fsp3) is 0.111. The number of hydrogen-bond donors (Lipinski definition) is 1. The van der Waals surface area contributed by atoms with Gasteiger partial charge >= 0.3 is 0 Å². The molecule has 1 aliphatic carbocycles. The molecule has 2 aromatic carbocycles. The van der Waals surface area contributed by atoms with Crippen molar-refractivity contribution in [1.29, 1.82) is 0 Å². The number of carbonyl (C=O) groups is 1. The highest BCUT2D eigenvalue weighted by atomic mass is 35.5. The standard InChI is InChI=1S/C18H14ClNO2/c1-11(20-10-12-6-2-5-9-15(12)19)16-17(21)13-7-3-4-8-14(13)18(16)22/h2-9,21H,10H2,1H3. The van der Waals surface area contributed by atoms with Crippen molar-refractivity contribution in [2.75, 3.05) is 0 Å². The Balaban J connectivity index is 1.92. The summed E-state index contributed by atoms with van der Waals surface area (Å²) >= 11 is 6.10. The van der Waals surface area contributed by atoms with Crippen molar-refractivity contribution in [2.24, 2.45) is 4.99 Å². The molecule has 0 aliphatic heterocycles. The summed E-state index contributed by atoms with van der Waals surface area (Å²) in [5, 5.41) is 10.9. The quantitative estimate of drug-likeness (QED) is 0.850. The van der Waals surface area contributed by atoms with Crippen LogP contribution in [0.1, 0.15) is 28.4 Å². The maximum Gasteiger partial charge on any atom is 0.199 e. The Kier molecular flexibility index (Phi) is 3.82. The smallest absolute Gasteiger partial charge is 0.199 e. The topological polar surface area (TPSA) is 49.7 Å². The molecular weight excluding hydrogens is 298 g/mol. The normalized spacial score (nSPS) is 14.5. The van der Waals surface area contributed by atoms with E-state index in [1.54, 1.807) is 37.3 Å². The zero-order valence-corrected chi connectivity index (χ0v) is 12.8. The third-order valence-electron chi connectivity index (χ3n) is 3.70. The van der Waals surface area contributed by atoms with Gasteiger partial charge in [0, 0.05) is 21.9 Å². The molecule has 0 amide bonds. The van der Waals surface area contributed by atoms with E-state index in [1.807, 2.05) is 18.2 Å². The lowest BCUT2D eigenvalue weighted by Crippen LogP contribution is -2.08. The van der Waals surface area contributed by atoms with Crippen molar-refractivity contribution in [3.63, 3.8) is 0 Å². The number of fused-ring (bicyclic) bond motifs is 1. The van der Waals surface area contributed by atoms with E-state index < -0.39 is 0 Å². The second kappa shape index (κ2) is 5.78. The summed E-state index contributed by atoms with van der Waals surface area (Å²) in [6.07, 6.45) is 0. The fourth-order valence-electron chi connectivity index (χ4n) is 2.51. The predicted octanol–water partition coefficient (Wildman–Crippen LogP) is 4.47.